The second kappa shape index (κ2) is 7.20. The summed E-state index contributed by atoms with van der Waals surface area (Å²) < 4.78 is 10.5. The van der Waals surface area contributed by atoms with Crippen LogP contribution in [0.25, 0.3) is 0 Å². The molecule has 0 saturated heterocycles. The van der Waals surface area contributed by atoms with Crippen molar-refractivity contribution < 1.29 is 14.3 Å². The van der Waals surface area contributed by atoms with Crippen molar-refractivity contribution in [3.8, 4) is 11.5 Å². The number of methoxy groups -OCH3 is 2. The van der Waals surface area contributed by atoms with Crippen molar-refractivity contribution in [2.75, 3.05) is 20.8 Å². The monoisotopic (exact) mass is 328 g/mol. The molecule has 1 amide bonds. The lowest BCUT2D eigenvalue weighted by atomic mass is 9.95. The van der Waals surface area contributed by atoms with Crippen molar-refractivity contribution in [1.82, 2.24) is 5.32 Å². The zero-order valence-electron chi connectivity index (χ0n) is 13.6. The maximum atomic E-state index is 12.6. The van der Waals surface area contributed by atoms with Crippen molar-refractivity contribution in [2.24, 2.45) is 11.7 Å². The summed E-state index contributed by atoms with van der Waals surface area (Å²) in [7, 11) is 3.14. The minimum Gasteiger partial charge on any atom is -0.493 e. The predicted molar refractivity (Wildman–Crippen MR) is 89.2 cm³/mol. The normalized spacial score (nSPS) is 16.2. The smallest absolute Gasteiger partial charge is 0.252 e. The Kier molecular flexibility index (Phi) is 6.08. The highest BCUT2D eigenvalue weighted by Gasteiger charge is 2.41. The van der Waals surface area contributed by atoms with Crippen molar-refractivity contribution in [3.63, 3.8) is 0 Å². The molecule has 1 aromatic carbocycles. The molecule has 0 aliphatic heterocycles. The predicted octanol–water partition coefficient (Wildman–Crippen LogP) is 2.29. The molecular weight excluding hydrogens is 304 g/mol. The number of carbonyl (C=O) groups is 1. The van der Waals surface area contributed by atoms with Gasteiger partial charge in [0.2, 0.25) is 0 Å². The van der Waals surface area contributed by atoms with Gasteiger partial charge in [0.05, 0.1) is 19.8 Å². The molecule has 124 valence electrons. The van der Waals surface area contributed by atoms with Crippen molar-refractivity contribution in [1.29, 1.82) is 0 Å². The van der Waals surface area contributed by atoms with E-state index in [-0.39, 0.29) is 23.9 Å². The summed E-state index contributed by atoms with van der Waals surface area (Å²) in [4.78, 5) is 12.6. The first-order valence-corrected chi connectivity index (χ1v) is 7.20. The number of aryl methyl sites for hydroxylation is 1. The minimum absolute atomic E-state index is 0. The molecule has 0 aromatic heterocycles. The fraction of sp³-hybridized carbons (Fsp3) is 0.562. The fourth-order valence-electron chi connectivity index (χ4n) is 2.59. The van der Waals surface area contributed by atoms with Gasteiger partial charge in [-0.15, -0.1) is 12.4 Å². The van der Waals surface area contributed by atoms with E-state index in [9.17, 15) is 4.79 Å². The van der Waals surface area contributed by atoms with Gasteiger partial charge in [0.1, 0.15) is 0 Å². The number of halogens is 1. The van der Waals surface area contributed by atoms with Gasteiger partial charge < -0.3 is 20.5 Å². The second-order valence-corrected chi connectivity index (χ2v) is 5.87. The molecule has 1 aromatic rings. The number of carbonyl (C=O) groups excluding carboxylic acids is 1. The first kappa shape index (κ1) is 18.6. The Morgan fingerprint density at radius 3 is 2.32 bits per heavy atom. The number of amides is 1. The van der Waals surface area contributed by atoms with Gasteiger partial charge in [0.15, 0.2) is 11.5 Å². The first-order chi connectivity index (χ1) is 9.95. The van der Waals surface area contributed by atoms with E-state index in [1.807, 2.05) is 19.9 Å². The Bertz CT molecular complexity index is 546. The molecule has 0 radical (unpaired) electrons. The van der Waals surface area contributed by atoms with Gasteiger partial charge in [-0.25, -0.2) is 0 Å². The van der Waals surface area contributed by atoms with Crippen LogP contribution in [-0.4, -0.2) is 32.2 Å². The van der Waals surface area contributed by atoms with Gasteiger partial charge in [0.25, 0.3) is 5.91 Å². The van der Waals surface area contributed by atoms with Crippen LogP contribution in [0.5, 0.6) is 11.5 Å². The fourth-order valence-corrected chi connectivity index (χ4v) is 2.59. The molecule has 5 nitrogen and oxygen atoms in total. The lowest BCUT2D eigenvalue weighted by Gasteiger charge is -2.30. The van der Waals surface area contributed by atoms with E-state index in [4.69, 9.17) is 15.2 Å². The van der Waals surface area contributed by atoms with E-state index >= 15 is 0 Å². The summed E-state index contributed by atoms with van der Waals surface area (Å²) in [5.41, 5.74) is 6.96. The number of nitrogens with two attached hydrogens (primary N) is 1. The van der Waals surface area contributed by atoms with Gasteiger partial charge in [-0.05, 0) is 50.3 Å². The quantitative estimate of drug-likeness (QED) is 0.840. The van der Waals surface area contributed by atoms with E-state index < -0.39 is 0 Å². The first-order valence-electron chi connectivity index (χ1n) is 7.20. The van der Waals surface area contributed by atoms with Crippen LogP contribution in [0.4, 0.5) is 0 Å². The summed E-state index contributed by atoms with van der Waals surface area (Å²) in [5.74, 6) is 1.53. The maximum absolute atomic E-state index is 12.6. The molecule has 3 N–H and O–H groups in total. The Morgan fingerprint density at radius 2 is 1.86 bits per heavy atom. The van der Waals surface area contributed by atoms with Crippen molar-refractivity contribution >= 4 is 18.3 Å². The van der Waals surface area contributed by atoms with Crippen LogP contribution in [0.2, 0.25) is 0 Å². The number of ether oxygens (including phenoxy) is 2. The highest BCUT2D eigenvalue weighted by Crippen LogP contribution is 2.39. The van der Waals surface area contributed by atoms with E-state index in [0.29, 0.717) is 29.5 Å². The topological polar surface area (TPSA) is 73.6 Å². The van der Waals surface area contributed by atoms with Gasteiger partial charge >= 0.3 is 0 Å². The third kappa shape index (κ3) is 3.65. The zero-order chi connectivity index (χ0) is 15.6. The Hall–Kier alpha value is -1.46. The van der Waals surface area contributed by atoms with Crippen molar-refractivity contribution in [2.45, 2.75) is 32.2 Å². The molecule has 22 heavy (non-hydrogen) atoms. The molecule has 1 saturated carbocycles. The number of rotatable bonds is 6. The summed E-state index contributed by atoms with van der Waals surface area (Å²) in [5, 5.41) is 3.09. The largest absolute Gasteiger partial charge is 0.493 e. The SMILES string of the molecule is COc1cc(C)c(C(=O)NC(C)(CN)C2CC2)cc1OC.Cl. The van der Waals surface area contributed by atoms with E-state index in [0.717, 1.165) is 18.4 Å². The molecule has 2 rings (SSSR count). The molecule has 1 unspecified atom stereocenters. The lowest BCUT2D eigenvalue weighted by Crippen LogP contribution is -2.53. The third-order valence-corrected chi connectivity index (χ3v) is 4.28. The van der Waals surface area contributed by atoms with E-state index in [1.165, 1.54) is 0 Å². The number of benzene rings is 1. The highest BCUT2D eigenvalue weighted by molar-refractivity contribution is 5.97. The molecule has 6 heteroatoms. The summed E-state index contributed by atoms with van der Waals surface area (Å²) in [6.45, 7) is 4.34. The number of nitrogens with one attached hydrogen (secondary N) is 1. The third-order valence-electron chi connectivity index (χ3n) is 4.28. The van der Waals surface area contributed by atoms with Gasteiger partial charge in [-0.2, -0.15) is 0 Å². The van der Waals surface area contributed by atoms with Crippen LogP contribution >= 0.6 is 12.4 Å². The molecule has 0 bridgehead atoms. The second-order valence-electron chi connectivity index (χ2n) is 5.87. The van der Waals surface area contributed by atoms with Crippen LogP contribution < -0.4 is 20.5 Å². The summed E-state index contributed by atoms with van der Waals surface area (Å²) in [6, 6.07) is 3.53. The standard InChI is InChI=1S/C16H24N2O3.ClH/c1-10-7-13(20-3)14(21-4)8-12(10)15(19)18-16(2,9-17)11-5-6-11;/h7-8,11H,5-6,9,17H2,1-4H3,(H,18,19);1H. The zero-order valence-corrected chi connectivity index (χ0v) is 14.4. The van der Waals surface area contributed by atoms with Gasteiger partial charge in [-0.3, -0.25) is 4.79 Å². The average molecular weight is 329 g/mol. The number of hydrogen-bond donors (Lipinski definition) is 2. The van der Waals surface area contributed by atoms with E-state index in [2.05, 4.69) is 5.32 Å². The molecule has 1 aliphatic rings. The molecule has 1 aliphatic carbocycles. The Balaban J connectivity index is 0.00000242. The lowest BCUT2D eigenvalue weighted by molar-refractivity contribution is 0.0896. The average Bonchev–Trinajstić information content (AvgIpc) is 3.31. The Labute approximate surface area is 138 Å². The van der Waals surface area contributed by atoms with Gasteiger partial charge in [-0.1, -0.05) is 0 Å². The maximum Gasteiger partial charge on any atom is 0.252 e. The van der Waals surface area contributed by atoms with Gasteiger partial charge in [0, 0.05) is 12.1 Å². The van der Waals surface area contributed by atoms with E-state index in [1.54, 1.807) is 20.3 Å². The molecule has 0 heterocycles. The van der Waals surface area contributed by atoms with Crippen molar-refractivity contribution in [3.05, 3.63) is 23.3 Å². The summed E-state index contributed by atoms with van der Waals surface area (Å²) in [6.07, 6.45) is 2.25. The number of hydrogen-bond acceptors (Lipinski definition) is 4. The summed E-state index contributed by atoms with van der Waals surface area (Å²) >= 11 is 0. The van der Waals surface area contributed by atoms with Crippen LogP contribution in [0, 0.1) is 12.8 Å². The highest BCUT2D eigenvalue weighted by atomic mass is 35.5. The molecule has 1 fully saturated rings. The minimum atomic E-state index is -0.337. The van der Waals surface area contributed by atoms with Crippen LogP contribution in [0.3, 0.4) is 0 Å². The van der Waals surface area contributed by atoms with Crippen LogP contribution in [-0.2, 0) is 0 Å². The van der Waals surface area contributed by atoms with Crippen LogP contribution in [0.15, 0.2) is 12.1 Å². The Morgan fingerprint density at radius 1 is 1.32 bits per heavy atom. The molecular formula is C16H25ClN2O3. The van der Waals surface area contributed by atoms with Crippen LogP contribution in [0.1, 0.15) is 35.7 Å². The molecule has 0 spiro atoms. The molecule has 1 atom stereocenters.